The Balaban J connectivity index is 1.72. The van der Waals surface area contributed by atoms with Crippen molar-refractivity contribution in [3.05, 3.63) is 42.0 Å². The highest BCUT2D eigenvalue weighted by molar-refractivity contribution is 5.48. The fourth-order valence-electron chi connectivity index (χ4n) is 2.68. The van der Waals surface area contributed by atoms with Crippen LogP contribution in [0, 0.1) is 0 Å². The molecule has 1 aromatic heterocycles. The van der Waals surface area contributed by atoms with Crippen molar-refractivity contribution in [3.8, 4) is 0 Å². The molecule has 5 nitrogen and oxygen atoms in total. The van der Waals surface area contributed by atoms with Crippen molar-refractivity contribution in [1.82, 2.24) is 20.1 Å². The third-order valence-corrected chi connectivity index (χ3v) is 3.91. The van der Waals surface area contributed by atoms with Crippen molar-refractivity contribution in [3.63, 3.8) is 0 Å². The smallest absolute Gasteiger partial charge is 0.152 e. The van der Waals surface area contributed by atoms with E-state index in [9.17, 15) is 0 Å². The summed E-state index contributed by atoms with van der Waals surface area (Å²) in [5.41, 5.74) is 2.59. The Labute approximate surface area is 119 Å². The Morgan fingerprint density at radius 3 is 2.80 bits per heavy atom. The summed E-state index contributed by atoms with van der Waals surface area (Å²) in [5, 5.41) is 11.6. The predicted molar refractivity (Wildman–Crippen MR) is 79.6 cm³/mol. The quantitative estimate of drug-likeness (QED) is 0.923. The van der Waals surface area contributed by atoms with Gasteiger partial charge in [-0.05, 0) is 31.2 Å². The zero-order valence-corrected chi connectivity index (χ0v) is 12.1. The maximum atomic E-state index is 4.16. The van der Waals surface area contributed by atoms with E-state index < -0.39 is 0 Å². The Morgan fingerprint density at radius 1 is 1.25 bits per heavy atom. The summed E-state index contributed by atoms with van der Waals surface area (Å²) in [5.74, 6) is 1.04. The predicted octanol–water partition coefficient (Wildman–Crippen LogP) is 1.97. The SMILES string of the molecule is CCNC(C)c1ccc(N2CCn3cnnc3C2)cc1. The van der Waals surface area contributed by atoms with Gasteiger partial charge < -0.3 is 14.8 Å². The van der Waals surface area contributed by atoms with Crippen LogP contribution in [0.5, 0.6) is 0 Å². The zero-order chi connectivity index (χ0) is 13.9. The third-order valence-electron chi connectivity index (χ3n) is 3.91. The van der Waals surface area contributed by atoms with Gasteiger partial charge in [-0.2, -0.15) is 0 Å². The van der Waals surface area contributed by atoms with Crippen LogP contribution in [0.1, 0.15) is 31.3 Å². The lowest BCUT2D eigenvalue weighted by molar-refractivity contribution is 0.559. The molecule has 106 valence electrons. The highest BCUT2D eigenvalue weighted by Crippen LogP contribution is 2.22. The monoisotopic (exact) mass is 271 g/mol. The van der Waals surface area contributed by atoms with Crippen molar-refractivity contribution in [2.75, 3.05) is 18.0 Å². The molecular formula is C15H21N5. The molecule has 5 heteroatoms. The van der Waals surface area contributed by atoms with Crippen LogP contribution in [-0.4, -0.2) is 27.9 Å². The third kappa shape index (κ3) is 2.54. The van der Waals surface area contributed by atoms with Crippen LogP contribution in [0.15, 0.2) is 30.6 Å². The summed E-state index contributed by atoms with van der Waals surface area (Å²) in [6.45, 7) is 8.12. The lowest BCUT2D eigenvalue weighted by Gasteiger charge is -2.29. The van der Waals surface area contributed by atoms with Crippen molar-refractivity contribution in [2.45, 2.75) is 33.0 Å². The number of rotatable bonds is 4. The molecule has 1 atom stereocenters. The van der Waals surface area contributed by atoms with Gasteiger partial charge in [0.2, 0.25) is 0 Å². The molecule has 1 N–H and O–H groups in total. The van der Waals surface area contributed by atoms with E-state index in [4.69, 9.17) is 0 Å². The molecule has 0 amide bonds. The van der Waals surface area contributed by atoms with Gasteiger partial charge in [0.1, 0.15) is 6.33 Å². The molecule has 2 aromatic rings. The summed E-state index contributed by atoms with van der Waals surface area (Å²) >= 11 is 0. The van der Waals surface area contributed by atoms with Crippen LogP contribution >= 0.6 is 0 Å². The van der Waals surface area contributed by atoms with E-state index in [-0.39, 0.29) is 0 Å². The van der Waals surface area contributed by atoms with Gasteiger partial charge in [-0.25, -0.2) is 0 Å². The molecule has 20 heavy (non-hydrogen) atoms. The summed E-state index contributed by atoms with van der Waals surface area (Å²) < 4.78 is 2.12. The molecule has 1 aliphatic heterocycles. The Bertz CT molecular complexity index is 560. The average molecular weight is 271 g/mol. The highest BCUT2D eigenvalue weighted by atomic mass is 15.3. The summed E-state index contributed by atoms with van der Waals surface area (Å²) in [7, 11) is 0. The lowest BCUT2D eigenvalue weighted by Crippen LogP contribution is -2.33. The van der Waals surface area contributed by atoms with E-state index >= 15 is 0 Å². The van der Waals surface area contributed by atoms with Crippen molar-refractivity contribution in [2.24, 2.45) is 0 Å². The first-order valence-corrected chi connectivity index (χ1v) is 7.23. The second-order valence-corrected chi connectivity index (χ2v) is 5.23. The van der Waals surface area contributed by atoms with Crippen molar-refractivity contribution >= 4 is 5.69 Å². The standard InChI is InChI=1S/C15H21N5/c1-3-16-12(2)13-4-6-14(7-5-13)19-8-9-20-11-17-18-15(20)10-19/h4-7,11-12,16H,3,8-10H2,1-2H3. The van der Waals surface area contributed by atoms with Gasteiger partial charge in [0.25, 0.3) is 0 Å². The van der Waals surface area contributed by atoms with Crippen LogP contribution in [0.2, 0.25) is 0 Å². The number of fused-ring (bicyclic) bond motifs is 1. The van der Waals surface area contributed by atoms with Crippen molar-refractivity contribution < 1.29 is 0 Å². The molecule has 0 spiro atoms. The molecular weight excluding hydrogens is 250 g/mol. The Morgan fingerprint density at radius 2 is 2.05 bits per heavy atom. The van der Waals surface area contributed by atoms with Crippen molar-refractivity contribution in [1.29, 1.82) is 0 Å². The molecule has 0 saturated heterocycles. The van der Waals surface area contributed by atoms with Crippen LogP contribution in [0.4, 0.5) is 5.69 Å². The maximum Gasteiger partial charge on any atom is 0.152 e. The summed E-state index contributed by atoms with van der Waals surface area (Å²) in [6, 6.07) is 9.23. The Kier molecular flexibility index (Phi) is 3.69. The number of hydrogen-bond donors (Lipinski definition) is 1. The molecule has 0 saturated carbocycles. The van der Waals surface area contributed by atoms with Gasteiger partial charge in [-0.1, -0.05) is 19.1 Å². The minimum absolute atomic E-state index is 0.401. The topological polar surface area (TPSA) is 46.0 Å². The van der Waals surface area contributed by atoms with Gasteiger partial charge in [0.05, 0.1) is 6.54 Å². The second-order valence-electron chi connectivity index (χ2n) is 5.23. The van der Waals surface area contributed by atoms with E-state index in [2.05, 4.69) is 63.1 Å². The maximum absolute atomic E-state index is 4.16. The normalized spacial score (nSPS) is 16.0. The van der Waals surface area contributed by atoms with E-state index in [0.717, 1.165) is 32.0 Å². The molecule has 1 aliphatic rings. The minimum atomic E-state index is 0.401. The van der Waals surface area contributed by atoms with E-state index in [0.29, 0.717) is 6.04 Å². The molecule has 1 aromatic carbocycles. The highest BCUT2D eigenvalue weighted by Gasteiger charge is 2.17. The molecule has 1 unspecified atom stereocenters. The van der Waals surface area contributed by atoms with E-state index in [1.807, 2.05) is 6.33 Å². The van der Waals surface area contributed by atoms with Gasteiger partial charge in [0.15, 0.2) is 5.82 Å². The van der Waals surface area contributed by atoms with Gasteiger partial charge in [-0.15, -0.1) is 10.2 Å². The van der Waals surface area contributed by atoms with Gasteiger partial charge in [-0.3, -0.25) is 0 Å². The first-order valence-electron chi connectivity index (χ1n) is 7.23. The van der Waals surface area contributed by atoms with Crippen LogP contribution in [0.3, 0.4) is 0 Å². The molecule has 0 bridgehead atoms. The van der Waals surface area contributed by atoms with Gasteiger partial charge in [0, 0.05) is 24.8 Å². The minimum Gasteiger partial charge on any atom is -0.362 e. The van der Waals surface area contributed by atoms with Gasteiger partial charge >= 0.3 is 0 Å². The fourth-order valence-corrected chi connectivity index (χ4v) is 2.68. The van der Waals surface area contributed by atoms with Crippen LogP contribution in [-0.2, 0) is 13.1 Å². The fraction of sp³-hybridized carbons (Fsp3) is 0.467. The molecule has 0 fully saturated rings. The van der Waals surface area contributed by atoms with E-state index in [1.165, 1.54) is 11.3 Å². The number of nitrogens with one attached hydrogen (secondary N) is 1. The Hall–Kier alpha value is -1.88. The van der Waals surface area contributed by atoms with Crippen LogP contribution in [0.25, 0.3) is 0 Å². The largest absolute Gasteiger partial charge is 0.362 e. The summed E-state index contributed by atoms with van der Waals surface area (Å²) in [6.07, 6.45) is 1.81. The number of aromatic nitrogens is 3. The number of anilines is 1. The molecule has 3 rings (SSSR count). The number of benzene rings is 1. The number of nitrogens with zero attached hydrogens (tertiary/aromatic N) is 4. The summed E-state index contributed by atoms with van der Waals surface area (Å²) in [4.78, 5) is 2.35. The van der Waals surface area contributed by atoms with Crippen LogP contribution < -0.4 is 10.2 Å². The zero-order valence-electron chi connectivity index (χ0n) is 12.1. The first-order chi connectivity index (χ1) is 9.78. The average Bonchev–Trinajstić information content (AvgIpc) is 2.95. The molecule has 0 radical (unpaired) electrons. The number of hydrogen-bond acceptors (Lipinski definition) is 4. The lowest BCUT2D eigenvalue weighted by atomic mass is 10.1. The second kappa shape index (κ2) is 5.63. The molecule has 2 heterocycles. The van der Waals surface area contributed by atoms with E-state index in [1.54, 1.807) is 0 Å². The molecule has 0 aliphatic carbocycles. The first kappa shape index (κ1) is 13.1.